The minimum absolute atomic E-state index is 0.164. The van der Waals surface area contributed by atoms with Crippen molar-refractivity contribution in [3.05, 3.63) is 70.1 Å². The van der Waals surface area contributed by atoms with Gasteiger partial charge in [-0.2, -0.15) is 9.61 Å². The van der Waals surface area contributed by atoms with Gasteiger partial charge < -0.3 is 9.72 Å². The van der Waals surface area contributed by atoms with Crippen LogP contribution in [0.3, 0.4) is 0 Å². The van der Waals surface area contributed by atoms with E-state index >= 15 is 0 Å². The van der Waals surface area contributed by atoms with Crippen LogP contribution in [-0.4, -0.2) is 20.2 Å². The minimum atomic E-state index is -0.273. The van der Waals surface area contributed by atoms with Crippen molar-refractivity contribution in [3.63, 3.8) is 0 Å². The van der Waals surface area contributed by atoms with Crippen molar-refractivity contribution in [1.29, 1.82) is 0 Å². The van der Waals surface area contributed by atoms with Gasteiger partial charge in [0.05, 0.1) is 24.0 Å². The lowest BCUT2D eigenvalue weighted by molar-refractivity contribution is -0.0164. The van der Waals surface area contributed by atoms with E-state index in [2.05, 4.69) is 33.7 Å². The maximum absolute atomic E-state index is 12.4. The number of hydrogen-bond acceptors (Lipinski definition) is 4. The molecule has 0 aliphatic heterocycles. The number of benzene rings is 1. The molecule has 0 saturated heterocycles. The fourth-order valence-corrected chi connectivity index (χ4v) is 3.78. The number of nitrogens with zero attached hydrogens (tertiary/aromatic N) is 2. The number of thiophene rings is 1. The van der Waals surface area contributed by atoms with Crippen molar-refractivity contribution in [3.8, 4) is 21.6 Å². The summed E-state index contributed by atoms with van der Waals surface area (Å²) >= 11 is 1.64. The van der Waals surface area contributed by atoms with Gasteiger partial charge in [0.15, 0.2) is 0 Å². The Morgan fingerprint density at radius 2 is 1.93 bits per heavy atom. The van der Waals surface area contributed by atoms with Crippen molar-refractivity contribution >= 4 is 17.0 Å². The second kappa shape index (κ2) is 6.79. The molecule has 138 valence electrons. The van der Waals surface area contributed by atoms with Crippen LogP contribution in [-0.2, 0) is 11.3 Å². The lowest BCUT2D eigenvalue weighted by Crippen LogP contribution is -2.21. The molecule has 5 nitrogen and oxygen atoms in total. The summed E-state index contributed by atoms with van der Waals surface area (Å²) in [6.45, 7) is 6.32. The van der Waals surface area contributed by atoms with Crippen LogP contribution in [0.15, 0.2) is 58.8 Å². The molecule has 3 heterocycles. The van der Waals surface area contributed by atoms with Gasteiger partial charge >= 0.3 is 0 Å². The molecule has 1 aromatic carbocycles. The Morgan fingerprint density at radius 3 is 2.67 bits per heavy atom. The zero-order valence-corrected chi connectivity index (χ0v) is 16.3. The van der Waals surface area contributed by atoms with E-state index in [0.29, 0.717) is 12.3 Å². The molecule has 0 aliphatic rings. The summed E-state index contributed by atoms with van der Waals surface area (Å²) in [5.41, 5.74) is 4.23. The molecule has 0 unspecified atom stereocenters. The molecule has 27 heavy (non-hydrogen) atoms. The predicted molar refractivity (Wildman–Crippen MR) is 109 cm³/mol. The first kappa shape index (κ1) is 17.7. The monoisotopic (exact) mass is 379 g/mol. The van der Waals surface area contributed by atoms with Crippen molar-refractivity contribution in [2.24, 2.45) is 0 Å². The SMILES string of the molecule is CC(C)(C)OCc1cc(=O)n2ncc(-c3cc(-c4ccccc4)cs3)c2[nH]1. The van der Waals surface area contributed by atoms with Crippen LogP contribution < -0.4 is 5.56 Å². The van der Waals surface area contributed by atoms with Crippen LogP contribution in [0.5, 0.6) is 0 Å². The summed E-state index contributed by atoms with van der Waals surface area (Å²) in [5.74, 6) is 0. The summed E-state index contributed by atoms with van der Waals surface area (Å²) < 4.78 is 7.21. The zero-order chi connectivity index (χ0) is 19.0. The lowest BCUT2D eigenvalue weighted by atomic mass is 10.1. The van der Waals surface area contributed by atoms with E-state index in [9.17, 15) is 4.79 Å². The zero-order valence-electron chi connectivity index (χ0n) is 15.5. The topological polar surface area (TPSA) is 59.4 Å². The van der Waals surface area contributed by atoms with E-state index in [0.717, 1.165) is 21.7 Å². The third-order valence-corrected chi connectivity index (χ3v) is 5.15. The third kappa shape index (κ3) is 3.72. The van der Waals surface area contributed by atoms with Crippen molar-refractivity contribution in [2.75, 3.05) is 0 Å². The van der Waals surface area contributed by atoms with Gasteiger partial charge in [0, 0.05) is 16.6 Å². The summed E-state index contributed by atoms with van der Waals surface area (Å²) in [6.07, 6.45) is 1.74. The van der Waals surface area contributed by atoms with E-state index in [1.54, 1.807) is 23.6 Å². The summed E-state index contributed by atoms with van der Waals surface area (Å²) in [7, 11) is 0. The molecule has 4 rings (SSSR count). The number of aromatic amines is 1. The number of hydrogen-bond donors (Lipinski definition) is 1. The highest BCUT2D eigenvalue weighted by Crippen LogP contribution is 2.34. The molecule has 0 spiro atoms. The van der Waals surface area contributed by atoms with Crippen LogP contribution in [0.2, 0.25) is 0 Å². The van der Waals surface area contributed by atoms with Crippen molar-refractivity contribution < 1.29 is 4.74 Å². The summed E-state index contributed by atoms with van der Waals surface area (Å²) in [6, 6.07) is 13.9. The van der Waals surface area contributed by atoms with Crippen LogP contribution in [0, 0.1) is 0 Å². The van der Waals surface area contributed by atoms with E-state index in [1.165, 1.54) is 10.1 Å². The van der Waals surface area contributed by atoms with Gasteiger partial charge in [0.25, 0.3) is 5.56 Å². The predicted octanol–water partition coefficient (Wildman–Crippen LogP) is 4.73. The molecule has 0 radical (unpaired) electrons. The Balaban J connectivity index is 1.73. The Bertz CT molecular complexity index is 1130. The lowest BCUT2D eigenvalue weighted by Gasteiger charge is -2.19. The minimum Gasteiger partial charge on any atom is -0.370 e. The second-order valence-corrected chi connectivity index (χ2v) is 8.33. The molecule has 0 amide bonds. The molecular weight excluding hydrogens is 358 g/mol. The smallest absolute Gasteiger partial charge is 0.274 e. The molecule has 4 aromatic rings. The Kier molecular flexibility index (Phi) is 4.45. The highest BCUT2D eigenvalue weighted by molar-refractivity contribution is 7.14. The van der Waals surface area contributed by atoms with Crippen molar-refractivity contribution in [2.45, 2.75) is 33.0 Å². The fraction of sp³-hybridized carbons (Fsp3) is 0.238. The number of H-pyrrole nitrogens is 1. The third-order valence-electron chi connectivity index (χ3n) is 4.19. The van der Waals surface area contributed by atoms with E-state index < -0.39 is 0 Å². The molecule has 1 N–H and O–H groups in total. The van der Waals surface area contributed by atoms with E-state index in [4.69, 9.17) is 4.74 Å². The number of nitrogens with one attached hydrogen (secondary N) is 1. The van der Waals surface area contributed by atoms with Gasteiger partial charge in [-0.05, 0) is 43.3 Å². The van der Waals surface area contributed by atoms with Crippen LogP contribution in [0.1, 0.15) is 26.5 Å². The van der Waals surface area contributed by atoms with Gasteiger partial charge in [-0.15, -0.1) is 11.3 Å². The summed E-state index contributed by atoms with van der Waals surface area (Å²) in [4.78, 5) is 16.8. The number of rotatable bonds is 4. The highest BCUT2D eigenvalue weighted by atomic mass is 32.1. The molecule has 0 atom stereocenters. The largest absolute Gasteiger partial charge is 0.370 e. The Morgan fingerprint density at radius 1 is 1.15 bits per heavy atom. The maximum atomic E-state index is 12.4. The average molecular weight is 379 g/mol. The van der Waals surface area contributed by atoms with Gasteiger partial charge in [-0.3, -0.25) is 4.79 Å². The maximum Gasteiger partial charge on any atom is 0.274 e. The second-order valence-electron chi connectivity index (χ2n) is 7.42. The molecule has 6 heteroatoms. The van der Waals surface area contributed by atoms with Crippen LogP contribution in [0.4, 0.5) is 0 Å². The Labute approximate surface area is 161 Å². The van der Waals surface area contributed by atoms with Gasteiger partial charge in [-0.1, -0.05) is 30.3 Å². The molecule has 0 fully saturated rings. The van der Waals surface area contributed by atoms with Gasteiger partial charge in [-0.25, -0.2) is 0 Å². The van der Waals surface area contributed by atoms with Gasteiger partial charge in [0.2, 0.25) is 0 Å². The standard InChI is InChI=1S/C21H21N3O2S/c1-21(2,3)26-12-16-10-19(25)24-20(23-16)17(11-22-24)18-9-15(13-27-18)14-7-5-4-6-8-14/h4-11,13,23H,12H2,1-3H3. The Hall–Kier alpha value is -2.70. The van der Waals surface area contributed by atoms with Crippen LogP contribution in [0.25, 0.3) is 27.2 Å². The normalized spacial score (nSPS) is 12.0. The van der Waals surface area contributed by atoms with Crippen LogP contribution >= 0.6 is 11.3 Å². The first-order chi connectivity index (χ1) is 12.9. The molecule has 0 saturated carbocycles. The first-order valence-electron chi connectivity index (χ1n) is 8.79. The van der Waals surface area contributed by atoms with Crippen molar-refractivity contribution in [1.82, 2.24) is 14.6 Å². The molecular formula is C21H21N3O2S. The molecule has 0 bridgehead atoms. The number of fused-ring (bicyclic) bond motifs is 1. The fourth-order valence-electron chi connectivity index (χ4n) is 2.85. The summed E-state index contributed by atoms with van der Waals surface area (Å²) in [5, 5.41) is 6.39. The number of ether oxygens (including phenoxy) is 1. The van der Waals surface area contributed by atoms with Gasteiger partial charge in [0.1, 0.15) is 5.65 Å². The van der Waals surface area contributed by atoms with E-state index in [1.807, 2.05) is 39.0 Å². The quantitative estimate of drug-likeness (QED) is 0.557. The van der Waals surface area contributed by atoms with E-state index in [-0.39, 0.29) is 11.2 Å². The molecule has 3 aromatic heterocycles. The molecule has 0 aliphatic carbocycles. The first-order valence-corrected chi connectivity index (χ1v) is 9.67. The average Bonchev–Trinajstić information content (AvgIpc) is 3.27. The number of aromatic nitrogens is 3. The highest BCUT2D eigenvalue weighted by Gasteiger charge is 2.15.